The molecule has 18 heavy (non-hydrogen) atoms. The first kappa shape index (κ1) is 13.4. The highest BCUT2D eigenvalue weighted by Gasteiger charge is 2.46. The summed E-state index contributed by atoms with van der Waals surface area (Å²) in [6.07, 6.45) is 3.28. The van der Waals surface area contributed by atoms with E-state index in [9.17, 15) is 10.1 Å². The van der Waals surface area contributed by atoms with Crippen molar-refractivity contribution < 1.29 is 9.53 Å². The highest BCUT2D eigenvalue weighted by atomic mass is 16.5. The largest absolute Gasteiger partial charge is 0.381 e. The molecule has 0 radical (unpaired) electrons. The zero-order chi connectivity index (χ0) is 13.2. The van der Waals surface area contributed by atoms with Crippen molar-refractivity contribution in [3.05, 3.63) is 0 Å². The molecule has 4 nitrogen and oxygen atoms in total. The summed E-state index contributed by atoms with van der Waals surface area (Å²) < 4.78 is 5.29. The Bertz CT molecular complexity index is 349. The van der Waals surface area contributed by atoms with Gasteiger partial charge >= 0.3 is 0 Å². The first-order chi connectivity index (χ1) is 8.59. The maximum atomic E-state index is 12.7. The van der Waals surface area contributed by atoms with E-state index < -0.39 is 5.41 Å². The van der Waals surface area contributed by atoms with Gasteiger partial charge in [-0.1, -0.05) is 13.8 Å². The molecule has 100 valence electrons. The van der Waals surface area contributed by atoms with Gasteiger partial charge < -0.3 is 9.64 Å². The number of ether oxygens (including phenoxy) is 1. The van der Waals surface area contributed by atoms with E-state index in [1.165, 1.54) is 0 Å². The van der Waals surface area contributed by atoms with Gasteiger partial charge in [0.15, 0.2) is 0 Å². The van der Waals surface area contributed by atoms with Crippen LogP contribution < -0.4 is 0 Å². The minimum Gasteiger partial charge on any atom is -0.381 e. The third-order valence-corrected chi connectivity index (χ3v) is 3.78. The summed E-state index contributed by atoms with van der Waals surface area (Å²) in [5.41, 5.74) is -0.824. The lowest BCUT2D eigenvalue weighted by Crippen LogP contribution is -2.48. The van der Waals surface area contributed by atoms with Crippen LogP contribution in [-0.2, 0) is 9.53 Å². The Hall–Kier alpha value is -1.08. The monoisotopic (exact) mass is 250 g/mol. The zero-order valence-corrected chi connectivity index (χ0v) is 11.3. The van der Waals surface area contributed by atoms with E-state index in [1.807, 2.05) is 4.90 Å². The SMILES string of the molecule is CC(C)CN(C(=O)C1(C#N)CCOCC1)C1CC1. The maximum Gasteiger partial charge on any atom is 0.243 e. The van der Waals surface area contributed by atoms with Crippen molar-refractivity contribution in [3.8, 4) is 6.07 Å². The van der Waals surface area contributed by atoms with E-state index in [-0.39, 0.29) is 5.91 Å². The molecule has 0 bridgehead atoms. The van der Waals surface area contributed by atoms with E-state index in [2.05, 4.69) is 19.9 Å². The molecule has 0 aromatic rings. The van der Waals surface area contributed by atoms with Gasteiger partial charge in [-0.15, -0.1) is 0 Å². The van der Waals surface area contributed by atoms with Gasteiger partial charge in [0.05, 0.1) is 6.07 Å². The van der Waals surface area contributed by atoms with Crippen LogP contribution in [0.3, 0.4) is 0 Å². The summed E-state index contributed by atoms with van der Waals surface area (Å²) in [6.45, 7) is 6.06. The van der Waals surface area contributed by atoms with Gasteiger partial charge in [0.1, 0.15) is 5.41 Å². The topological polar surface area (TPSA) is 53.3 Å². The second-order valence-electron chi connectivity index (χ2n) is 5.89. The van der Waals surface area contributed by atoms with Crippen LogP contribution in [0.5, 0.6) is 0 Å². The van der Waals surface area contributed by atoms with Gasteiger partial charge in [0, 0.05) is 25.8 Å². The average Bonchev–Trinajstić information content (AvgIpc) is 3.20. The fourth-order valence-electron chi connectivity index (χ4n) is 2.55. The molecule has 1 aliphatic heterocycles. The number of amides is 1. The second-order valence-corrected chi connectivity index (χ2v) is 5.89. The number of nitriles is 1. The fraction of sp³-hybridized carbons (Fsp3) is 0.857. The predicted octanol–water partition coefficient (Wildman–Crippen LogP) is 1.95. The molecule has 4 heteroatoms. The normalized spacial score (nSPS) is 22.6. The summed E-state index contributed by atoms with van der Waals surface area (Å²) in [5, 5.41) is 9.44. The minimum atomic E-state index is -0.824. The molecule has 0 N–H and O–H groups in total. The van der Waals surface area contributed by atoms with E-state index in [0.29, 0.717) is 38.0 Å². The summed E-state index contributed by atoms with van der Waals surface area (Å²) in [6, 6.07) is 2.66. The minimum absolute atomic E-state index is 0.0458. The molecular formula is C14H22N2O2. The lowest BCUT2D eigenvalue weighted by atomic mass is 9.80. The molecule has 2 aliphatic rings. The predicted molar refractivity (Wildman–Crippen MR) is 67.7 cm³/mol. The number of hydrogen-bond donors (Lipinski definition) is 0. The van der Waals surface area contributed by atoms with Gasteiger partial charge in [-0.25, -0.2) is 0 Å². The molecular weight excluding hydrogens is 228 g/mol. The van der Waals surface area contributed by atoms with Gasteiger partial charge in [0.2, 0.25) is 5.91 Å². The van der Waals surface area contributed by atoms with Gasteiger partial charge in [0.25, 0.3) is 0 Å². The quantitative estimate of drug-likeness (QED) is 0.766. The number of rotatable bonds is 4. The van der Waals surface area contributed by atoms with Gasteiger partial charge in [-0.3, -0.25) is 4.79 Å². The average molecular weight is 250 g/mol. The van der Waals surface area contributed by atoms with Crippen LogP contribution in [0.15, 0.2) is 0 Å². The van der Waals surface area contributed by atoms with E-state index in [1.54, 1.807) is 0 Å². The van der Waals surface area contributed by atoms with Crippen molar-refractivity contribution in [2.45, 2.75) is 45.6 Å². The molecule has 2 fully saturated rings. The van der Waals surface area contributed by atoms with Crippen LogP contribution in [0.2, 0.25) is 0 Å². The molecule has 1 saturated carbocycles. The van der Waals surface area contributed by atoms with Crippen molar-refractivity contribution >= 4 is 5.91 Å². The van der Waals surface area contributed by atoms with Crippen molar-refractivity contribution in [2.24, 2.45) is 11.3 Å². The highest BCUT2D eigenvalue weighted by molar-refractivity contribution is 5.86. The third-order valence-electron chi connectivity index (χ3n) is 3.78. The van der Waals surface area contributed by atoms with Crippen LogP contribution in [0.1, 0.15) is 39.5 Å². The van der Waals surface area contributed by atoms with Crippen molar-refractivity contribution in [3.63, 3.8) is 0 Å². The van der Waals surface area contributed by atoms with Crippen LogP contribution in [0.4, 0.5) is 0 Å². The van der Waals surface area contributed by atoms with Crippen molar-refractivity contribution in [2.75, 3.05) is 19.8 Å². The Kier molecular flexibility index (Phi) is 3.91. The van der Waals surface area contributed by atoms with Gasteiger partial charge in [-0.2, -0.15) is 5.26 Å². The van der Waals surface area contributed by atoms with E-state index in [4.69, 9.17) is 4.74 Å². The van der Waals surface area contributed by atoms with Crippen molar-refractivity contribution in [1.29, 1.82) is 5.26 Å². The molecule has 1 heterocycles. The molecule has 0 aromatic heterocycles. The smallest absolute Gasteiger partial charge is 0.243 e. The Morgan fingerprint density at radius 1 is 1.44 bits per heavy atom. The number of carbonyl (C=O) groups excluding carboxylic acids is 1. The van der Waals surface area contributed by atoms with Crippen LogP contribution in [0, 0.1) is 22.7 Å². The summed E-state index contributed by atoms with van der Waals surface area (Å²) in [5.74, 6) is 0.495. The number of nitrogens with zero attached hydrogens (tertiary/aromatic N) is 2. The van der Waals surface area contributed by atoms with Crippen molar-refractivity contribution in [1.82, 2.24) is 4.90 Å². The number of carbonyl (C=O) groups is 1. The fourth-order valence-corrected chi connectivity index (χ4v) is 2.55. The standard InChI is InChI=1S/C14H22N2O2/c1-11(2)9-16(12-3-4-12)13(17)14(10-15)5-7-18-8-6-14/h11-12H,3-9H2,1-2H3. The first-order valence-corrected chi connectivity index (χ1v) is 6.89. The number of hydrogen-bond acceptors (Lipinski definition) is 3. The summed E-state index contributed by atoms with van der Waals surface area (Å²) >= 11 is 0. The van der Waals surface area contributed by atoms with Crippen LogP contribution >= 0.6 is 0 Å². The molecule has 1 amide bonds. The highest BCUT2D eigenvalue weighted by Crippen LogP contribution is 2.37. The van der Waals surface area contributed by atoms with Crippen LogP contribution in [0.25, 0.3) is 0 Å². The molecule has 0 atom stereocenters. The van der Waals surface area contributed by atoms with E-state index in [0.717, 1.165) is 19.4 Å². The van der Waals surface area contributed by atoms with Gasteiger partial charge in [-0.05, 0) is 31.6 Å². The second kappa shape index (κ2) is 5.27. The lowest BCUT2D eigenvalue weighted by molar-refractivity contribution is -0.144. The Morgan fingerprint density at radius 3 is 2.50 bits per heavy atom. The Morgan fingerprint density at radius 2 is 2.06 bits per heavy atom. The summed E-state index contributed by atoms with van der Waals surface area (Å²) in [7, 11) is 0. The molecule has 1 saturated heterocycles. The molecule has 1 aliphatic carbocycles. The third kappa shape index (κ3) is 2.67. The molecule has 0 unspecified atom stereocenters. The zero-order valence-electron chi connectivity index (χ0n) is 11.3. The lowest BCUT2D eigenvalue weighted by Gasteiger charge is -2.35. The Balaban J connectivity index is 2.13. The maximum absolute atomic E-state index is 12.7. The van der Waals surface area contributed by atoms with Crippen LogP contribution in [-0.4, -0.2) is 36.6 Å². The molecule has 0 aromatic carbocycles. The molecule has 2 rings (SSSR count). The first-order valence-electron chi connectivity index (χ1n) is 6.89. The summed E-state index contributed by atoms with van der Waals surface area (Å²) in [4.78, 5) is 14.7. The molecule has 0 spiro atoms. The Labute approximate surface area is 109 Å². The van der Waals surface area contributed by atoms with E-state index >= 15 is 0 Å².